The highest BCUT2D eigenvalue weighted by Gasteiger charge is 2.21. The number of carbonyl (C=O) groups is 2. The van der Waals surface area contributed by atoms with Gasteiger partial charge in [0.2, 0.25) is 10.0 Å². The van der Waals surface area contributed by atoms with Gasteiger partial charge in [0.1, 0.15) is 4.90 Å². The van der Waals surface area contributed by atoms with Gasteiger partial charge in [-0.05, 0) is 35.2 Å². The van der Waals surface area contributed by atoms with Crippen LogP contribution in [0, 0.1) is 0 Å². The minimum Gasteiger partial charge on any atom is -0.456 e. The molecule has 2 N–H and O–H groups in total. The third-order valence-corrected chi connectivity index (χ3v) is 6.62. The summed E-state index contributed by atoms with van der Waals surface area (Å²) in [6, 6.07) is 11.7. The van der Waals surface area contributed by atoms with Gasteiger partial charge in [-0.2, -0.15) is 0 Å². The number of hydrogen-bond donors (Lipinski definition) is 2. The smallest absolute Gasteiger partial charge is 0.307 e. The molecule has 0 aliphatic carbocycles. The van der Waals surface area contributed by atoms with E-state index in [-0.39, 0.29) is 33.3 Å². The molecule has 1 amide bonds. The van der Waals surface area contributed by atoms with E-state index in [2.05, 4.69) is 30.8 Å². The summed E-state index contributed by atoms with van der Waals surface area (Å²) >= 11 is 11.8. The SMILES string of the molecule is CC(C)(C)c1ccc(NC(=O)COC(=O)CCNS(=O)(=O)c2c(Cl)cccc2Cl)cc1. The first-order chi connectivity index (χ1) is 14.4. The zero-order valence-corrected chi connectivity index (χ0v) is 19.7. The van der Waals surface area contributed by atoms with E-state index in [1.54, 1.807) is 12.1 Å². The Bertz CT molecular complexity index is 1030. The maximum Gasteiger partial charge on any atom is 0.307 e. The van der Waals surface area contributed by atoms with Crippen molar-refractivity contribution in [1.82, 2.24) is 4.72 Å². The molecule has 0 aromatic heterocycles. The van der Waals surface area contributed by atoms with Gasteiger partial charge in [0.15, 0.2) is 6.61 Å². The average molecular weight is 487 g/mol. The number of halogens is 2. The van der Waals surface area contributed by atoms with Gasteiger partial charge in [0.05, 0.1) is 16.5 Å². The molecule has 0 radical (unpaired) electrons. The lowest BCUT2D eigenvalue weighted by atomic mass is 9.87. The summed E-state index contributed by atoms with van der Waals surface area (Å²) in [6.07, 6.45) is -0.269. The summed E-state index contributed by atoms with van der Waals surface area (Å²) in [5.41, 5.74) is 1.70. The van der Waals surface area contributed by atoms with E-state index in [1.807, 2.05) is 12.1 Å². The summed E-state index contributed by atoms with van der Waals surface area (Å²) in [4.78, 5) is 23.5. The third kappa shape index (κ3) is 7.50. The molecule has 7 nitrogen and oxygen atoms in total. The first-order valence-electron chi connectivity index (χ1n) is 9.40. The Labute approximate surface area is 192 Å². The van der Waals surface area contributed by atoms with Crippen LogP contribution in [0.5, 0.6) is 0 Å². The van der Waals surface area contributed by atoms with Gasteiger partial charge in [0.25, 0.3) is 5.91 Å². The average Bonchev–Trinajstić information content (AvgIpc) is 2.65. The van der Waals surface area contributed by atoms with E-state index < -0.39 is 28.5 Å². The van der Waals surface area contributed by atoms with Crippen LogP contribution in [0.25, 0.3) is 0 Å². The van der Waals surface area contributed by atoms with Crippen molar-refractivity contribution in [3.8, 4) is 0 Å². The highest BCUT2D eigenvalue weighted by molar-refractivity contribution is 7.89. The van der Waals surface area contributed by atoms with Gasteiger partial charge in [0, 0.05) is 12.2 Å². The minimum absolute atomic E-state index is 0.00321. The molecule has 0 bridgehead atoms. The topological polar surface area (TPSA) is 102 Å². The molecule has 0 spiro atoms. The fourth-order valence-corrected chi connectivity index (χ4v) is 4.74. The first kappa shape index (κ1) is 25.1. The van der Waals surface area contributed by atoms with Crippen molar-refractivity contribution >= 4 is 50.8 Å². The Kier molecular flexibility index (Phi) is 8.48. The Balaban J connectivity index is 1.78. The van der Waals surface area contributed by atoms with Crippen LogP contribution in [0.2, 0.25) is 10.0 Å². The number of esters is 1. The lowest BCUT2D eigenvalue weighted by Gasteiger charge is -2.19. The van der Waals surface area contributed by atoms with E-state index in [4.69, 9.17) is 27.9 Å². The summed E-state index contributed by atoms with van der Waals surface area (Å²) in [6.45, 7) is 5.54. The third-order valence-electron chi connectivity index (χ3n) is 4.21. The molecule has 0 unspecified atom stereocenters. The van der Waals surface area contributed by atoms with Crippen molar-refractivity contribution in [3.63, 3.8) is 0 Å². The molecule has 2 aromatic carbocycles. The van der Waals surface area contributed by atoms with E-state index in [1.165, 1.54) is 18.2 Å². The minimum atomic E-state index is -4.00. The van der Waals surface area contributed by atoms with Gasteiger partial charge in [-0.3, -0.25) is 9.59 Å². The van der Waals surface area contributed by atoms with Crippen molar-refractivity contribution in [2.75, 3.05) is 18.5 Å². The Morgan fingerprint density at radius 3 is 2.13 bits per heavy atom. The number of benzene rings is 2. The van der Waals surface area contributed by atoms with Crippen LogP contribution < -0.4 is 10.0 Å². The monoisotopic (exact) mass is 486 g/mol. The number of rotatable bonds is 8. The van der Waals surface area contributed by atoms with Crippen LogP contribution in [-0.4, -0.2) is 33.4 Å². The van der Waals surface area contributed by atoms with Crippen molar-refractivity contribution < 1.29 is 22.7 Å². The van der Waals surface area contributed by atoms with Gasteiger partial charge in [-0.15, -0.1) is 0 Å². The molecule has 0 saturated carbocycles. The largest absolute Gasteiger partial charge is 0.456 e. The summed E-state index contributed by atoms with van der Waals surface area (Å²) in [7, 11) is -4.00. The first-order valence-corrected chi connectivity index (χ1v) is 11.6. The van der Waals surface area contributed by atoms with Gasteiger partial charge < -0.3 is 10.1 Å². The standard InChI is InChI=1S/C21H24Cl2N2O5S/c1-21(2,3)14-7-9-15(10-8-14)25-18(26)13-30-19(27)11-12-24-31(28,29)20-16(22)5-4-6-17(20)23/h4-10,24H,11-13H2,1-3H3,(H,25,26). The van der Waals surface area contributed by atoms with Crippen molar-refractivity contribution in [2.24, 2.45) is 0 Å². The molecule has 31 heavy (non-hydrogen) atoms. The van der Waals surface area contributed by atoms with Gasteiger partial charge in [-0.1, -0.05) is 62.2 Å². The molecule has 2 aromatic rings. The number of sulfonamides is 1. The molecule has 10 heteroatoms. The predicted molar refractivity (Wildman–Crippen MR) is 121 cm³/mol. The Morgan fingerprint density at radius 2 is 1.58 bits per heavy atom. The number of amides is 1. The maximum absolute atomic E-state index is 12.3. The van der Waals surface area contributed by atoms with E-state index in [0.29, 0.717) is 5.69 Å². The second-order valence-corrected chi connectivity index (χ2v) is 10.3. The second-order valence-electron chi connectivity index (χ2n) is 7.73. The molecule has 0 atom stereocenters. The normalized spacial score (nSPS) is 11.8. The Hall–Kier alpha value is -2.13. The number of anilines is 1. The van der Waals surface area contributed by atoms with Crippen LogP contribution >= 0.6 is 23.2 Å². The quantitative estimate of drug-likeness (QED) is 0.545. The molecule has 2 rings (SSSR count). The fourth-order valence-electron chi connectivity index (χ4n) is 2.57. The van der Waals surface area contributed by atoms with Crippen LogP contribution in [0.1, 0.15) is 32.8 Å². The van der Waals surface area contributed by atoms with Crippen molar-refractivity contribution in [2.45, 2.75) is 37.5 Å². The molecule has 0 saturated heterocycles. The number of nitrogens with one attached hydrogen (secondary N) is 2. The Morgan fingerprint density at radius 1 is 1.00 bits per heavy atom. The highest BCUT2D eigenvalue weighted by Crippen LogP contribution is 2.28. The van der Waals surface area contributed by atoms with E-state index in [0.717, 1.165) is 5.56 Å². The molecule has 0 aliphatic heterocycles. The van der Waals surface area contributed by atoms with Crippen LogP contribution in [-0.2, 0) is 29.8 Å². The molecular weight excluding hydrogens is 463 g/mol. The number of carbonyl (C=O) groups excluding carboxylic acids is 2. The van der Waals surface area contributed by atoms with Crippen molar-refractivity contribution in [3.05, 3.63) is 58.1 Å². The number of hydrogen-bond acceptors (Lipinski definition) is 5. The summed E-state index contributed by atoms with van der Waals surface area (Å²) in [5, 5.41) is 2.57. The lowest BCUT2D eigenvalue weighted by molar-refractivity contribution is -0.147. The molecule has 0 fully saturated rings. The van der Waals surface area contributed by atoms with E-state index in [9.17, 15) is 18.0 Å². The summed E-state index contributed by atoms with van der Waals surface area (Å²) < 4.78 is 31.7. The molecule has 0 aliphatic rings. The molecule has 0 heterocycles. The van der Waals surface area contributed by atoms with Crippen LogP contribution in [0.3, 0.4) is 0 Å². The maximum atomic E-state index is 12.3. The van der Waals surface area contributed by atoms with E-state index >= 15 is 0 Å². The van der Waals surface area contributed by atoms with Gasteiger partial charge in [-0.25, -0.2) is 13.1 Å². The predicted octanol–water partition coefficient (Wildman–Crippen LogP) is 4.14. The summed E-state index contributed by atoms with van der Waals surface area (Å²) in [5.74, 6) is -1.23. The fraction of sp³-hybridized carbons (Fsp3) is 0.333. The zero-order valence-electron chi connectivity index (χ0n) is 17.4. The number of ether oxygens (including phenoxy) is 1. The van der Waals surface area contributed by atoms with Crippen LogP contribution in [0.15, 0.2) is 47.4 Å². The lowest BCUT2D eigenvalue weighted by Crippen LogP contribution is -2.28. The van der Waals surface area contributed by atoms with Gasteiger partial charge >= 0.3 is 5.97 Å². The zero-order chi connectivity index (χ0) is 23.2. The van der Waals surface area contributed by atoms with Crippen LogP contribution in [0.4, 0.5) is 5.69 Å². The second kappa shape index (κ2) is 10.5. The molecule has 168 valence electrons. The van der Waals surface area contributed by atoms with Crippen molar-refractivity contribution in [1.29, 1.82) is 0 Å². The molecular formula is C21H24Cl2N2O5S. The highest BCUT2D eigenvalue weighted by atomic mass is 35.5.